The molecule has 1 saturated heterocycles. The summed E-state index contributed by atoms with van der Waals surface area (Å²) in [7, 11) is -3.62. The molecule has 0 radical (unpaired) electrons. The molecule has 1 atom stereocenters. The number of sulfonamides is 1. The third kappa shape index (κ3) is 2.84. The van der Waals surface area contributed by atoms with Gasteiger partial charge < -0.3 is 5.11 Å². The van der Waals surface area contributed by atoms with E-state index in [-0.39, 0.29) is 12.3 Å². The maximum absolute atomic E-state index is 12.5. The van der Waals surface area contributed by atoms with Gasteiger partial charge in [0.15, 0.2) is 0 Å². The molecule has 1 N–H and O–H groups in total. The number of carbonyl (C=O) groups is 1. The van der Waals surface area contributed by atoms with Gasteiger partial charge in [0, 0.05) is 6.54 Å². The average molecular weight is 319 g/mol. The second kappa shape index (κ2) is 5.70. The monoisotopic (exact) mass is 319 g/mol. The molecule has 5 nitrogen and oxygen atoms in total. The van der Waals surface area contributed by atoms with Gasteiger partial charge in [-0.3, -0.25) is 4.79 Å². The summed E-state index contributed by atoms with van der Waals surface area (Å²) in [6.45, 7) is 0.285. The summed E-state index contributed by atoms with van der Waals surface area (Å²) < 4.78 is 26.2. The van der Waals surface area contributed by atoms with Crippen LogP contribution in [0.15, 0.2) is 42.5 Å². The number of hydrogen-bond donors (Lipinski definition) is 1. The fourth-order valence-electron chi connectivity index (χ4n) is 2.94. The number of benzene rings is 2. The van der Waals surface area contributed by atoms with E-state index >= 15 is 0 Å². The van der Waals surface area contributed by atoms with E-state index in [2.05, 4.69) is 0 Å². The van der Waals surface area contributed by atoms with Crippen molar-refractivity contribution in [3.05, 3.63) is 48.0 Å². The molecule has 116 valence electrons. The molecule has 0 aromatic heterocycles. The summed E-state index contributed by atoms with van der Waals surface area (Å²) in [4.78, 5) is 11.2. The lowest BCUT2D eigenvalue weighted by Crippen LogP contribution is -2.40. The first-order chi connectivity index (χ1) is 10.5. The lowest BCUT2D eigenvalue weighted by atomic mass is 10.1. The zero-order chi connectivity index (χ0) is 15.7. The molecule has 22 heavy (non-hydrogen) atoms. The van der Waals surface area contributed by atoms with Crippen molar-refractivity contribution in [3.8, 4) is 0 Å². The van der Waals surface area contributed by atoms with E-state index in [0.717, 1.165) is 15.1 Å². The van der Waals surface area contributed by atoms with E-state index in [9.17, 15) is 13.2 Å². The fourth-order valence-corrected chi connectivity index (χ4v) is 4.70. The summed E-state index contributed by atoms with van der Waals surface area (Å²) in [5, 5.41) is 11.2. The lowest BCUT2D eigenvalue weighted by molar-refractivity contribution is -0.140. The molecule has 2 aromatic carbocycles. The summed E-state index contributed by atoms with van der Waals surface area (Å²) in [5.41, 5.74) is 0.676. The highest BCUT2D eigenvalue weighted by Gasteiger charge is 2.38. The van der Waals surface area contributed by atoms with Gasteiger partial charge >= 0.3 is 5.97 Å². The molecule has 1 fully saturated rings. The third-order valence-corrected chi connectivity index (χ3v) is 5.86. The van der Waals surface area contributed by atoms with Crippen LogP contribution >= 0.6 is 0 Å². The van der Waals surface area contributed by atoms with Gasteiger partial charge in [0.1, 0.15) is 6.04 Å². The number of aliphatic carboxylic acids is 1. The van der Waals surface area contributed by atoms with Crippen molar-refractivity contribution in [3.63, 3.8) is 0 Å². The second-order valence-electron chi connectivity index (χ2n) is 5.54. The molecule has 0 amide bonds. The van der Waals surface area contributed by atoms with E-state index in [1.54, 1.807) is 6.07 Å². The van der Waals surface area contributed by atoms with E-state index < -0.39 is 22.0 Å². The van der Waals surface area contributed by atoms with Crippen molar-refractivity contribution in [1.29, 1.82) is 0 Å². The van der Waals surface area contributed by atoms with Crippen LogP contribution in [0.2, 0.25) is 0 Å². The highest BCUT2D eigenvalue weighted by atomic mass is 32.2. The molecule has 0 bridgehead atoms. The molecule has 1 aliphatic heterocycles. The van der Waals surface area contributed by atoms with Gasteiger partial charge in [0.25, 0.3) is 0 Å². The first kappa shape index (κ1) is 15.0. The zero-order valence-corrected chi connectivity index (χ0v) is 12.8. The smallest absolute Gasteiger partial charge is 0.322 e. The maximum Gasteiger partial charge on any atom is 0.322 e. The molecule has 2 aromatic rings. The normalized spacial score (nSPS) is 19.5. The molecule has 0 aliphatic carbocycles. The van der Waals surface area contributed by atoms with E-state index in [1.807, 2.05) is 36.4 Å². The van der Waals surface area contributed by atoms with Crippen LogP contribution in [0, 0.1) is 0 Å². The van der Waals surface area contributed by atoms with E-state index in [1.165, 1.54) is 0 Å². The highest BCUT2D eigenvalue weighted by molar-refractivity contribution is 7.88. The first-order valence-corrected chi connectivity index (χ1v) is 8.78. The number of carboxylic acid groups (broad SMARTS) is 1. The molecule has 6 heteroatoms. The Morgan fingerprint density at radius 3 is 2.64 bits per heavy atom. The maximum atomic E-state index is 12.5. The highest BCUT2D eigenvalue weighted by Crippen LogP contribution is 2.25. The fraction of sp³-hybridized carbons (Fsp3) is 0.312. The molecule has 1 unspecified atom stereocenters. The quantitative estimate of drug-likeness (QED) is 0.937. The minimum absolute atomic E-state index is 0.165. The van der Waals surface area contributed by atoms with Gasteiger partial charge in [0.05, 0.1) is 5.75 Å². The number of hydrogen-bond acceptors (Lipinski definition) is 3. The number of nitrogens with zero attached hydrogens (tertiary/aromatic N) is 1. The third-order valence-electron chi connectivity index (χ3n) is 4.01. The van der Waals surface area contributed by atoms with Crippen LogP contribution in [0.1, 0.15) is 18.4 Å². The largest absolute Gasteiger partial charge is 0.480 e. The van der Waals surface area contributed by atoms with Gasteiger partial charge in [-0.05, 0) is 29.2 Å². The van der Waals surface area contributed by atoms with Crippen molar-refractivity contribution in [1.82, 2.24) is 4.31 Å². The van der Waals surface area contributed by atoms with Crippen LogP contribution in [0.4, 0.5) is 0 Å². The van der Waals surface area contributed by atoms with E-state index in [4.69, 9.17) is 5.11 Å². The van der Waals surface area contributed by atoms with Crippen LogP contribution in [0.5, 0.6) is 0 Å². The summed E-state index contributed by atoms with van der Waals surface area (Å²) in [6, 6.07) is 12.3. The standard InChI is InChI=1S/C16H17NO4S/c18-16(19)15-6-3-9-17(15)22(20,21)11-12-7-8-13-4-1-2-5-14(13)10-12/h1-2,4-5,7-8,10,15H,3,6,9,11H2,(H,18,19). The predicted molar refractivity (Wildman–Crippen MR) is 83.9 cm³/mol. The molecule has 3 rings (SSSR count). The Kier molecular flexibility index (Phi) is 3.88. The Balaban J connectivity index is 1.88. The van der Waals surface area contributed by atoms with Crippen molar-refractivity contribution in [2.45, 2.75) is 24.6 Å². The van der Waals surface area contributed by atoms with Crippen molar-refractivity contribution in [2.24, 2.45) is 0 Å². The second-order valence-corrected chi connectivity index (χ2v) is 7.47. The summed E-state index contributed by atoms with van der Waals surface area (Å²) >= 11 is 0. The van der Waals surface area contributed by atoms with Crippen LogP contribution in [-0.2, 0) is 20.6 Å². The molecule has 0 spiro atoms. The zero-order valence-electron chi connectivity index (χ0n) is 12.0. The van der Waals surface area contributed by atoms with Crippen LogP contribution in [0.3, 0.4) is 0 Å². The Morgan fingerprint density at radius 2 is 1.91 bits per heavy atom. The topological polar surface area (TPSA) is 74.7 Å². The van der Waals surface area contributed by atoms with Gasteiger partial charge in [-0.15, -0.1) is 0 Å². The SMILES string of the molecule is O=C(O)C1CCCN1S(=O)(=O)Cc1ccc2ccccc2c1. The Labute approximate surface area is 129 Å². The van der Waals surface area contributed by atoms with Crippen LogP contribution in [-0.4, -0.2) is 36.4 Å². The molecule has 0 saturated carbocycles. The average Bonchev–Trinajstić information content (AvgIpc) is 2.97. The van der Waals surface area contributed by atoms with Crippen molar-refractivity contribution in [2.75, 3.05) is 6.54 Å². The number of fused-ring (bicyclic) bond motifs is 1. The predicted octanol–water partition coefficient (Wildman–Crippen LogP) is 2.22. The number of carboxylic acids is 1. The van der Waals surface area contributed by atoms with E-state index in [0.29, 0.717) is 18.4 Å². The molecular weight excluding hydrogens is 302 g/mol. The van der Waals surface area contributed by atoms with Crippen LogP contribution in [0.25, 0.3) is 10.8 Å². The molecule has 1 heterocycles. The lowest BCUT2D eigenvalue weighted by Gasteiger charge is -2.21. The Hall–Kier alpha value is -1.92. The van der Waals surface area contributed by atoms with Crippen molar-refractivity contribution < 1.29 is 18.3 Å². The minimum atomic E-state index is -3.62. The first-order valence-electron chi connectivity index (χ1n) is 7.17. The molecule has 1 aliphatic rings. The summed E-state index contributed by atoms with van der Waals surface area (Å²) in [5.74, 6) is -1.23. The van der Waals surface area contributed by atoms with Gasteiger partial charge in [-0.1, -0.05) is 42.5 Å². The van der Waals surface area contributed by atoms with Crippen molar-refractivity contribution >= 4 is 26.8 Å². The van der Waals surface area contributed by atoms with Gasteiger partial charge in [0.2, 0.25) is 10.0 Å². The molecular formula is C16H17NO4S. The summed E-state index contributed by atoms with van der Waals surface area (Å²) in [6.07, 6.45) is 0.972. The minimum Gasteiger partial charge on any atom is -0.480 e. The van der Waals surface area contributed by atoms with Crippen LogP contribution < -0.4 is 0 Å². The van der Waals surface area contributed by atoms with Gasteiger partial charge in [-0.25, -0.2) is 8.42 Å². The van der Waals surface area contributed by atoms with Gasteiger partial charge in [-0.2, -0.15) is 4.31 Å². The number of rotatable bonds is 4. The Morgan fingerprint density at radius 1 is 1.18 bits per heavy atom. The Bertz CT molecular complexity index is 816.